The van der Waals surface area contributed by atoms with Crippen LogP contribution >= 0.6 is 0 Å². The van der Waals surface area contributed by atoms with E-state index in [9.17, 15) is 4.79 Å². The quantitative estimate of drug-likeness (QED) is 0.579. The van der Waals surface area contributed by atoms with E-state index in [1.807, 2.05) is 26.8 Å². The van der Waals surface area contributed by atoms with E-state index in [1.54, 1.807) is 0 Å². The zero-order chi connectivity index (χ0) is 13.4. The number of alkyl carbamates (subject to hydrolysis) is 1. The van der Waals surface area contributed by atoms with Gasteiger partial charge in [-0.25, -0.2) is 14.6 Å². The van der Waals surface area contributed by atoms with Gasteiger partial charge in [-0.15, -0.1) is 0 Å². The summed E-state index contributed by atoms with van der Waals surface area (Å²) in [5.74, 6) is 0. The maximum absolute atomic E-state index is 11.6. The van der Waals surface area contributed by atoms with E-state index in [0.717, 1.165) is 19.3 Å². The molecule has 0 aromatic heterocycles. The number of ether oxygens (including phenoxy) is 1. The summed E-state index contributed by atoms with van der Waals surface area (Å²) in [6.07, 6.45) is 6.71. The molecule has 1 aliphatic heterocycles. The molecule has 0 bridgehead atoms. The predicted molar refractivity (Wildman–Crippen MR) is 67.8 cm³/mol. The summed E-state index contributed by atoms with van der Waals surface area (Å²) < 4.78 is 5.16. The fourth-order valence-electron chi connectivity index (χ4n) is 1.45. The fraction of sp³-hybridized carbons (Fsp3) is 0.769. The second-order valence-electron chi connectivity index (χ2n) is 5.26. The second-order valence-corrected chi connectivity index (χ2v) is 5.26. The molecule has 0 aliphatic carbocycles. The van der Waals surface area contributed by atoms with Crippen LogP contribution in [0.4, 0.5) is 4.79 Å². The molecule has 5 heteroatoms. The van der Waals surface area contributed by atoms with Crippen LogP contribution in [0.1, 0.15) is 46.5 Å². The molecular weight excluding hydrogens is 234 g/mol. The molecule has 104 valence electrons. The molecule has 1 aliphatic rings. The Morgan fingerprint density at radius 2 is 2.11 bits per heavy atom. The van der Waals surface area contributed by atoms with Crippen LogP contribution in [0.3, 0.4) is 0 Å². The molecular formula is C13H23NO4. The first-order valence-electron chi connectivity index (χ1n) is 6.40. The first-order valence-corrected chi connectivity index (χ1v) is 6.40. The molecule has 5 nitrogen and oxygen atoms in total. The van der Waals surface area contributed by atoms with Gasteiger partial charge >= 0.3 is 6.09 Å². The average molecular weight is 257 g/mol. The summed E-state index contributed by atoms with van der Waals surface area (Å²) in [5, 5.41) is 2.63. The summed E-state index contributed by atoms with van der Waals surface area (Å²) in [6.45, 7) is 5.99. The highest BCUT2D eigenvalue weighted by Crippen LogP contribution is 2.09. The van der Waals surface area contributed by atoms with Crippen LogP contribution in [0.15, 0.2) is 12.2 Å². The first kappa shape index (κ1) is 15.0. The Hall–Kier alpha value is -1.07. The Labute approximate surface area is 108 Å². The summed E-state index contributed by atoms with van der Waals surface area (Å²) >= 11 is 0. The van der Waals surface area contributed by atoms with Crippen LogP contribution in [0.5, 0.6) is 0 Å². The van der Waals surface area contributed by atoms with E-state index in [4.69, 9.17) is 14.5 Å². The molecule has 1 atom stereocenters. The van der Waals surface area contributed by atoms with Gasteiger partial charge in [-0.1, -0.05) is 12.2 Å². The lowest BCUT2D eigenvalue weighted by molar-refractivity contribution is -0.328. The smallest absolute Gasteiger partial charge is 0.409 e. The monoisotopic (exact) mass is 257 g/mol. The number of hydrogen-bond donors (Lipinski definition) is 1. The molecule has 1 rings (SSSR count). The van der Waals surface area contributed by atoms with Crippen LogP contribution in [-0.2, 0) is 14.5 Å². The lowest BCUT2D eigenvalue weighted by Crippen LogP contribution is -2.40. The molecule has 0 spiro atoms. The van der Waals surface area contributed by atoms with Crippen molar-refractivity contribution in [3.05, 3.63) is 12.2 Å². The van der Waals surface area contributed by atoms with Crippen molar-refractivity contribution in [3.63, 3.8) is 0 Å². The Bertz CT molecular complexity index is 283. The summed E-state index contributed by atoms with van der Waals surface area (Å²) in [6, 6.07) is 0. The molecule has 0 saturated carbocycles. The van der Waals surface area contributed by atoms with Crippen molar-refractivity contribution in [1.29, 1.82) is 0 Å². The van der Waals surface area contributed by atoms with Gasteiger partial charge in [-0.2, -0.15) is 0 Å². The topological polar surface area (TPSA) is 56.8 Å². The van der Waals surface area contributed by atoms with Crippen molar-refractivity contribution >= 4 is 6.09 Å². The molecule has 0 fully saturated rings. The molecule has 18 heavy (non-hydrogen) atoms. The van der Waals surface area contributed by atoms with Gasteiger partial charge < -0.3 is 4.74 Å². The predicted octanol–water partition coefficient (Wildman–Crippen LogP) is 2.92. The number of amides is 1. The number of nitrogens with one attached hydrogen (secondary N) is 1. The molecule has 1 unspecified atom stereocenters. The zero-order valence-corrected chi connectivity index (χ0v) is 11.4. The maximum atomic E-state index is 11.6. The van der Waals surface area contributed by atoms with Crippen molar-refractivity contribution < 1.29 is 19.3 Å². The van der Waals surface area contributed by atoms with E-state index in [2.05, 4.69) is 11.4 Å². The number of allylic oxidation sites excluding steroid dienone is 1. The van der Waals surface area contributed by atoms with E-state index in [-0.39, 0.29) is 0 Å². The standard InChI is InChI=1S/C13H23NO4/c1-13(2,3)17-12(15)14-11-9-7-5-4-6-8-10-16-18-11/h5,7,11H,4,6,8-10H2,1-3H3,(H,14,15)/b7-5+. The Morgan fingerprint density at radius 3 is 2.83 bits per heavy atom. The SMILES string of the molecule is CC(C)(C)OC(=O)NC1C/C=C/CCCCOO1. The largest absolute Gasteiger partial charge is 0.444 e. The normalized spacial score (nSPS) is 24.1. The molecule has 1 amide bonds. The van der Waals surface area contributed by atoms with Crippen LogP contribution in [0.2, 0.25) is 0 Å². The Balaban J connectivity index is 2.41. The van der Waals surface area contributed by atoms with Crippen molar-refractivity contribution in [1.82, 2.24) is 5.32 Å². The lowest BCUT2D eigenvalue weighted by Gasteiger charge is -2.22. The Kier molecular flexibility index (Phi) is 6.15. The molecule has 0 radical (unpaired) electrons. The molecule has 0 aromatic rings. The maximum Gasteiger partial charge on any atom is 0.409 e. The summed E-state index contributed by atoms with van der Waals surface area (Å²) in [4.78, 5) is 21.8. The van der Waals surface area contributed by atoms with Crippen LogP contribution in [-0.4, -0.2) is 24.5 Å². The van der Waals surface area contributed by atoms with Gasteiger partial charge in [0.2, 0.25) is 0 Å². The zero-order valence-electron chi connectivity index (χ0n) is 11.4. The summed E-state index contributed by atoms with van der Waals surface area (Å²) in [5.41, 5.74) is -0.517. The molecule has 0 aromatic carbocycles. The van der Waals surface area contributed by atoms with Crippen molar-refractivity contribution in [2.75, 3.05) is 6.61 Å². The highest BCUT2D eigenvalue weighted by molar-refractivity contribution is 5.67. The minimum Gasteiger partial charge on any atom is -0.444 e. The van der Waals surface area contributed by atoms with Gasteiger partial charge in [0.15, 0.2) is 6.23 Å². The van der Waals surface area contributed by atoms with Gasteiger partial charge in [0.1, 0.15) is 5.60 Å². The third-order valence-electron chi connectivity index (χ3n) is 2.23. The van der Waals surface area contributed by atoms with Crippen molar-refractivity contribution in [3.8, 4) is 0 Å². The number of rotatable bonds is 1. The van der Waals surface area contributed by atoms with Crippen LogP contribution in [0.25, 0.3) is 0 Å². The van der Waals surface area contributed by atoms with E-state index >= 15 is 0 Å². The lowest BCUT2D eigenvalue weighted by atomic mass is 10.2. The number of carbonyl (C=O) groups excluding carboxylic acids is 1. The average Bonchev–Trinajstić information content (AvgIpc) is 2.24. The number of carbonyl (C=O) groups is 1. The van der Waals surface area contributed by atoms with Crippen LogP contribution in [0, 0.1) is 0 Å². The minimum absolute atomic E-state index is 0.499. The summed E-state index contributed by atoms with van der Waals surface area (Å²) in [7, 11) is 0. The van der Waals surface area contributed by atoms with E-state index in [0.29, 0.717) is 13.0 Å². The van der Waals surface area contributed by atoms with Crippen molar-refractivity contribution in [2.24, 2.45) is 0 Å². The molecule has 0 saturated heterocycles. The van der Waals surface area contributed by atoms with Gasteiger partial charge in [-0.05, 0) is 40.0 Å². The second kappa shape index (κ2) is 7.38. The van der Waals surface area contributed by atoms with Gasteiger partial charge in [-0.3, -0.25) is 5.32 Å². The molecule has 1 heterocycles. The van der Waals surface area contributed by atoms with Gasteiger partial charge in [0.05, 0.1) is 6.61 Å². The third-order valence-corrected chi connectivity index (χ3v) is 2.23. The first-order chi connectivity index (χ1) is 8.47. The van der Waals surface area contributed by atoms with Gasteiger partial charge in [0, 0.05) is 6.42 Å². The highest BCUT2D eigenvalue weighted by Gasteiger charge is 2.19. The highest BCUT2D eigenvalue weighted by atomic mass is 17.2. The van der Waals surface area contributed by atoms with Gasteiger partial charge in [0.25, 0.3) is 0 Å². The van der Waals surface area contributed by atoms with E-state index < -0.39 is 17.9 Å². The third kappa shape index (κ3) is 7.29. The fourth-order valence-corrected chi connectivity index (χ4v) is 1.45. The Morgan fingerprint density at radius 1 is 1.33 bits per heavy atom. The number of hydrogen-bond acceptors (Lipinski definition) is 4. The van der Waals surface area contributed by atoms with Crippen molar-refractivity contribution in [2.45, 2.75) is 58.3 Å². The van der Waals surface area contributed by atoms with Crippen LogP contribution < -0.4 is 5.32 Å². The molecule has 1 N–H and O–H groups in total. The minimum atomic E-state index is -0.517. The van der Waals surface area contributed by atoms with E-state index in [1.165, 1.54) is 0 Å².